The van der Waals surface area contributed by atoms with E-state index < -0.39 is 5.97 Å². The van der Waals surface area contributed by atoms with Crippen molar-refractivity contribution in [1.29, 1.82) is 0 Å². The second-order valence-corrected chi connectivity index (χ2v) is 4.71. The van der Waals surface area contributed by atoms with Crippen LogP contribution in [-0.4, -0.2) is 40.3 Å². The summed E-state index contributed by atoms with van der Waals surface area (Å²) in [6.07, 6.45) is 0. The molecule has 0 aliphatic carbocycles. The van der Waals surface area contributed by atoms with Crippen LogP contribution in [0.25, 0.3) is 0 Å². The first-order chi connectivity index (χ1) is 8.49. The maximum absolute atomic E-state index is 10.9. The third-order valence-corrected chi connectivity index (χ3v) is 3.13. The average Bonchev–Trinajstić information content (AvgIpc) is 2.67. The standard InChI is InChI=1S/C13H17NO4/c1-8(2)14(6-13(16)17)11-7-18-12-5-9(15)3-4-10(11)12/h3-5,8,11,15H,6-7H2,1-2H3,(H,16,17). The number of fused-ring (bicyclic) bond motifs is 1. The predicted octanol–water partition coefficient (Wildman–Crippen LogP) is 1.62. The zero-order valence-corrected chi connectivity index (χ0v) is 10.5. The second kappa shape index (κ2) is 4.86. The lowest BCUT2D eigenvalue weighted by atomic mass is 10.1. The fourth-order valence-corrected chi connectivity index (χ4v) is 2.27. The van der Waals surface area contributed by atoms with E-state index in [-0.39, 0.29) is 24.4 Å². The van der Waals surface area contributed by atoms with E-state index in [1.54, 1.807) is 18.2 Å². The number of ether oxygens (including phenoxy) is 1. The predicted molar refractivity (Wildman–Crippen MR) is 65.8 cm³/mol. The van der Waals surface area contributed by atoms with E-state index in [9.17, 15) is 9.90 Å². The molecule has 1 aromatic rings. The number of nitrogens with zero attached hydrogens (tertiary/aromatic N) is 1. The highest BCUT2D eigenvalue weighted by Gasteiger charge is 2.32. The summed E-state index contributed by atoms with van der Waals surface area (Å²) >= 11 is 0. The second-order valence-electron chi connectivity index (χ2n) is 4.71. The number of phenolic OH excluding ortho intramolecular Hbond substituents is 1. The molecule has 5 heteroatoms. The summed E-state index contributed by atoms with van der Waals surface area (Å²) in [6.45, 7) is 4.32. The van der Waals surface area contributed by atoms with Crippen molar-refractivity contribution in [2.24, 2.45) is 0 Å². The van der Waals surface area contributed by atoms with E-state index >= 15 is 0 Å². The molecule has 1 heterocycles. The van der Waals surface area contributed by atoms with Crippen LogP contribution in [-0.2, 0) is 4.79 Å². The Kier molecular flexibility index (Phi) is 3.43. The number of phenols is 1. The molecule has 2 N–H and O–H groups in total. The monoisotopic (exact) mass is 251 g/mol. The molecule has 0 saturated heterocycles. The van der Waals surface area contributed by atoms with Crippen LogP contribution in [0.1, 0.15) is 25.5 Å². The normalized spacial score (nSPS) is 17.9. The molecular weight excluding hydrogens is 234 g/mol. The summed E-state index contributed by atoms with van der Waals surface area (Å²) < 4.78 is 5.51. The molecule has 2 rings (SSSR count). The highest BCUT2D eigenvalue weighted by atomic mass is 16.5. The van der Waals surface area contributed by atoms with E-state index in [1.165, 1.54) is 0 Å². The zero-order valence-electron chi connectivity index (χ0n) is 10.5. The molecular formula is C13H17NO4. The highest BCUT2D eigenvalue weighted by molar-refractivity contribution is 5.69. The van der Waals surface area contributed by atoms with Gasteiger partial charge in [0, 0.05) is 17.7 Å². The van der Waals surface area contributed by atoms with Crippen LogP contribution in [0.3, 0.4) is 0 Å². The topological polar surface area (TPSA) is 70.0 Å². The van der Waals surface area contributed by atoms with E-state index in [0.717, 1.165) is 5.56 Å². The molecule has 18 heavy (non-hydrogen) atoms. The van der Waals surface area contributed by atoms with Gasteiger partial charge in [0.25, 0.3) is 0 Å². The van der Waals surface area contributed by atoms with Gasteiger partial charge in [-0.1, -0.05) is 0 Å². The smallest absolute Gasteiger partial charge is 0.317 e. The maximum atomic E-state index is 10.9. The van der Waals surface area contributed by atoms with E-state index in [4.69, 9.17) is 9.84 Å². The number of rotatable bonds is 4. The molecule has 1 aliphatic rings. The maximum Gasteiger partial charge on any atom is 0.317 e. The van der Waals surface area contributed by atoms with E-state index in [1.807, 2.05) is 18.7 Å². The van der Waals surface area contributed by atoms with Crippen LogP contribution in [0, 0.1) is 0 Å². The fraction of sp³-hybridized carbons (Fsp3) is 0.462. The van der Waals surface area contributed by atoms with Crippen molar-refractivity contribution >= 4 is 5.97 Å². The van der Waals surface area contributed by atoms with Gasteiger partial charge < -0.3 is 14.9 Å². The number of benzene rings is 1. The minimum Gasteiger partial charge on any atom is -0.508 e. The number of carboxylic acid groups (broad SMARTS) is 1. The van der Waals surface area contributed by atoms with Gasteiger partial charge in [0.2, 0.25) is 0 Å². The Morgan fingerprint density at radius 1 is 1.56 bits per heavy atom. The SMILES string of the molecule is CC(C)N(CC(=O)O)C1COc2cc(O)ccc21. The Labute approximate surface area is 106 Å². The van der Waals surface area contributed by atoms with Crippen LogP contribution < -0.4 is 4.74 Å². The van der Waals surface area contributed by atoms with E-state index in [2.05, 4.69) is 0 Å². The Bertz CT molecular complexity index is 458. The van der Waals surface area contributed by atoms with Crippen molar-refractivity contribution in [3.63, 3.8) is 0 Å². The minimum atomic E-state index is -0.851. The molecule has 0 amide bonds. The van der Waals surface area contributed by atoms with Crippen LogP contribution in [0.4, 0.5) is 0 Å². The molecule has 1 aliphatic heterocycles. The summed E-state index contributed by atoms with van der Waals surface area (Å²) in [7, 11) is 0. The van der Waals surface area contributed by atoms with Crippen molar-refractivity contribution in [2.75, 3.05) is 13.2 Å². The lowest BCUT2D eigenvalue weighted by molar-refractivity contribution is -0.139. The number of aromatic hydroxyl groups is 1. The van der Waals surface area contributed by atoms with Gasteiger partial charge in [-0.05, 0) is 26.0 Å². The molecule has 98 valence electrons. The van der Waals surface area contributed by atoms with E-state index in [0.29, 0.717) is 12.4 Å². The van der Waals surface area contributed by atoms with Crippen molar-refractivity contribution in [2.45, 2.75) is 25.9 Å². The number of aliphatic carboxylic acids is 1. The first-order valence-electron chi connectivity index (χ1n) is 5.92. The third kappa shape index (κ3) is 2.41. The van der Waals surface area contributed by atoms with Gasteiger partial charge in [-0.25, -0.2) is 0 Å². The number of hydrogen-bond acceptors (Lipinski definition) is 4. The van der Waals surface area contributed by atoms with Crippen LogP contribution in [0.2, 0.25) is 0 Å². The van der Waals surface area contributed by atoms with Gasteiger partial charge in [0.05, 0.1) is 12.6 Å². The quantitative estimate of drug-likeness (QED) is 0.851. The fourth-order valence-electron chi connectivity index (χ4n) is 2.27. The molecule has 1 aromatic carbocycles. The lowest BCUT2D eigenvalue weighted by Crippen LogP contribution is -2.39. The molecule has 0 fully saturated rings. The molecule has 0 spiro atoms. The summed E-state index contributed by atoms with van der Waals surface area (Å²) in [5, 5.41) is 18.4. The molecule has 1 unspecified atom stereocenters. The molecule has 0 aromatic heterocycles. The van der Waals surface area contributed by atoms with Crippen molar-refractivity contribution < 1.29 is 19.7 Å². The van der Waals surface area contributed by atoms with Gasteiger partial charge in [-0.2, -0.15) is 0 Å². The average molecular weight is 251 g/mol. The Balaban J connectivity index is 2.27. The van der Waals surface area contributed by atoms with Gasteiger partial charge in [0.15, 0.2) is 0 Å². The number of carbonyl (C=O) groups is 1. The molecule has 5 nitrogen and oxygen atoms in total. The molecule has 0 saturated carbocycles. The Hall–Kier alpha value is -1.75. The number of hydrogen-bond donors (Lipinski definition) is 2. The largest absolute Gasteiger partial charge is 0.508 e. The van der Waals surface area contributed by atoms with Gasteiger partial charge in [-0.15, -0.1) is 0 Å². The molecule has 0 radical (unpaired) electrons. The summed E-state index contributed by atoms with van der Waals surface area (Å²) in [5.41, 5.74) is 0.933. The molecule has 0 bridgehead atoms. The minimum absolute atomic E-state index is 0.0218. The van der Waals surface area contributed by atoms with Crippen molar-refractivity contribution in [1.82, 2.24) is 4.90 Å². The first-order valence-corrected chi connectivity index (χ1v) is 5.92. The molecule has 1 atom stereocenters. The Morgan fingerprint density at radius 3 is 2.89 bits per heavy atom. The van der Waals surface area contributed by atoms with Crippen LogP contribution >= 0.6 is 0 Å². The van der Waals surface area contributed by atoms with Crippen molar-refractivity contribution in [3.05, 3.63) is 23.8 Å². The van der Waals surface area contributed by atoms with Gasteiger partial charge in [0.1, 0.15) is 18.1 Å². The summed E-state index contributed by atoms with van der Waals surface area (Å²) in [4.78, 5) is 12.8. The number of carboxylic acids is 1. The summed E-state index contributed by atoms with van der Waals surface area (Å²) in [5.74, 6) is -0.0595. The van der Waals surface area contributed by atoms with Gasteiger partial charge in [-0.3, -0.25) is 9.69 Å². The van der Waals surface area contributed by atoms with Gasteiger partial charge >= 0.3 is 5.97 Å². The van der Waals surface area contributed by atoms with Crippen LogP contribution in [0.15, 0.2) is 18.2 Å². The first kappa shape index (κ1) is 12.7. The zero-order chi connectivity index (χ0) is 13.3. The third-order valence-electron chi connectivity index (χ3n) is 3.13. The highest BCUT2D eigenvalue weighted by Crippen LogP contribution is 2.38. The lowest BCUT2D eigenvalue weighted by Gasteiger charge is -2.30. The van der Waals surface area contributed by atoms with Crippen molar-refractivity contribution in [3.8, 4) is 11.5 Å². The summed E-state index contributed by atoms with van der Waals surface area (Å²) in [6, 6.07) is 4.99. The van der Waals surface area contributed by atoms with Crippen LogP contribution in [0.5, 0.6) is 11.5 Å². The Morgan fingerprint density at radius 2 is 2.28 bits per heavy atom.